The molecule has 21 heavy (non-hydrogen) atoms. The van der Waals surface area contributed by atoms with Crippen LogP contribution in [0.1, 0.15) is 23.4 Å². The molecule has 0 aliphatic carbocycles. The molecule has 0 saturated carbocycles. The summed E-state index contributed by atoms with van der Waals surface area (Å²) in [5.74, 6) is 0.811. The number of guanidine groups is 1. The highest BCUT2D eigenvalue weighted by atomic mass is 127. The summed E-state index contributed by atoms with van der Waals surface area (Å²) in [6.07, 6.45) is 0. The summed E-state index contributed by atoms with van der Waals surface area (Å²) in [7, 11) is 1.79. The van der Waals surface area contributed by atoms with Crippen molar-refractivity contribution in [2.75, 3.05) is 7.05 Å². The van der Waals surface area contributed by atoms with E-state index in [9.17, 15) is 0 Å². The van der Waals surface area contributed by atoms with Gasteiger partial charge in [0.25, 0.3) is 0 Å². The van der Waals surface area contributed by atoms with E-state index < -0.39 is 0 Å². The van der Waals surface area contributed by atoms with Crippen LogP contribution in [0.25, 0.3) is 0 Å². The van der Waals surface area contributed by atoms with Crippen molar-refractivity contribution < 1.29 is 0 Å². The molecule has 3 nitrogen and oxygen atoms in total. The number of thiophene rings is 1. The third kappa shape index (κ3) is 5.96. The van der Waals surface area contributed by atoms with Gasteiger partial charge in [0.05, 0.1) is 16.4 Å². The third-order valence-corrected chi connectivity index (χ3v) is 4.56. The number of rotatable bonds is 4. The van der Waals surface area contributed by atoms with Gasteiger partial charge in [-0.05, 0) is 40.5 Å². The summed E-state index contributed by atoms with van der Waals surface area (Å²) in [6.45, 7) is 2.90. The lowest BCUT2D eigenvalue weighted by atomic mass is 10.1. The normalized spacial score (nSPS) is 12.4. The Balaban J connectivity index is 0.00000220. The molecule has 0 fully saturated rings. The van der Waals surface area contributed by atoms with Crippen LogP contribution in [0.5, 0.6) is 0 Å². The van der Waals surface area contributed by atoms with Gasteiger partial charge < -0.3 is 10.6 Å². The second-order valence-electron chi connectivity index (χ2n) is 4.41. The van der Waals surface area contributed by atoms with Gasteiger partial charge in [0.1, 0.15) is 0 Å². The van der Waals surface area contributed by atoms with Crippen molar-refractivity contribution in [2.45, 2.75) is 19.5 Å². The van der Waals surface area contributed by atoms with Gasteiger partial charge in [-0.3, -0.25) is 4.99 Å². The van der Waals surface area contributed by atoms with Crippen LogP contribution in [0.2, 0.25) is 0 Å². The van der Waals surface area contributed by atoms with E-state index in [1.807, 2.05) is 18.2 Å². The van der Waals surface area contributed by atoms with Gasteiger partial charge in [-0.15, -0.1) is 35.3 Å². The van der Waals surface area contributed by atoms with E-state index in [4.69, 9.17) is 0 Å². The highest BCUT2D eigenvalue weighted by Gasteiger charge is 2.07. The average molecular weight is 480 g/mol. The molecule has 0 radical (unpaired) electrons. The molecule has 2 rings (SSSR count). The van der Waals surface area contributed by atoms with Crippen molar-refractivity contribution in [3.63, 3.8) is 0 Å². The fourth-order valence-corrected chi connectivity index (χ4v) is 3.27. The van der Waals surface area contributed by atoms with E-state index in [0.717, 1.165) is 16.3 Å². The molecule has 1 unspecified atom stereocenters. The third-order valence-electron chi connectivity index (χ3n) is 2.94. The molecule has 1 heterocycles. The van der Waals surface area contributed by atoms with Crippen LogP contribution in [-0.2, 0) is 6.54 Å². The minimum atomic E-state index is 0. The molecule has 1 atom stereocenters. The molecule has 1 aromatic carbocycles. The number of nitrogens with zero attached hydrogens (tertiary/aromatic N) is 1. The summed E-state index contributed by atoms with van der Waals surface area (Å²) in [5.41, 5.74) is 1.24. The molecule has 2 N–H and O–H groups in total. The Kier molecular flexibility index (Phi) is 8.28. The smallest absolute Gasteiger partial charge is 0.191 e. The molecule has 0 aliphatic heterocycles. The Morgan fingerprint density at radius 2 is 1.95 bits per heavy atom. The van der Waals surface area contributed by atoms with Crippen molar-refractivity contribution in [2.24, 2.45) is 4.99 Å². The predicted octanol–water partition coefficient (Wildman–Crippen LogP) is 4.55. The maximum atomic E-state index is 4.26. The second kappa shape index (κ2) is 9.42. The quantitative estimate of drug-likeness (QED) is 0.383. The Morgan fingerprint density at radius 1 is 1.24 bits per heavy atom. The van der Waals surface area contributed by atoms with E-state index in [2.05, 4.69) is 62.7 Å². The lowest BCUT2D eigenvalue weighted by molar-refractivity contribution is 0.686. The molecule has 0 spiro atoms. The first-order valence-corrected chi connectivity index (χ1v) is 8.06. The first kappa shape index (κ1) is 18.4. The molecule has 0 bridgehead atoms. The molecule has 2 aromatic rings. The maximum Gasteiger partial charge on any atom is 0.191 e. The number of halogens is 2. The fraction of sp³-hybridized carbons (Fsp3) is 0.267. The Labute approximate surface area is 155 Å². The Morgan fingerprint density at radius 3 is 2.52 bits per heavy atom. The Bertz CT molecular complexity index is 571. The minimum absolute atomic E-state index is 0. The summed E-state index contributed by atoms with van der Waals surface area (Å²) in [5, 5.41) is 6.72. The zero-order valence-electron chi connectivity index (χ0n) is 12.0. The topological polar surface area (TPSA) is 36.4 Å². The van der Waals surface area contributed by atoms with Crippen molar-refractivity contribution in [3.05, 3.63) is 56.7 Å². The van der Waals surface area contributed by atoms with E-state index in [0.29, 0.717) is 0 Å². The number of benzene rings is 1. The molecule has 1 aromatic heterocycles. The number of hydrogen-bond acceptors (Lipinski definition) is 2. The van der Waals surface area contributed by atoms with Crippen LogP contribution in [-0.4, -0.2) is 13.0 Å². The van der Waals surface area contributed by atoms with Crippen molar-refractivity contribution >= 4 is 57.2 Å². The fourth-order valence-electron chi connectivity index (χ4n) is 1.84. The zero-order chi connectivity index (χ0) is 14.4. The van der Waals surface area contributed by atoms with Crippen LogP contribution in [0.3, 0.4) is 0 Å². The Hall–Kier alpha value is -0.600. The van der Waals surface area contributed by atoms with E-state index in [1.165, 1.54) is 10.4 Å². The van der Waals surface area contributed by atoms with Crippen molar-refractivity contribution in [1.82, 2.24) is 10.6 Å². The summed E-state index contributed by atoms with van der Waals surface area (Å²) in [6, 6.07) is 14.7. The number of aliphatic imine (C=N–C) groups is 1. The predicted molar refractivity (Wildman–Crippen MR) is 106 cm³/mol. The zero-order valence-corrected chi connectivity index (χ0v) is 16.7. The largest absolute Gasteiger partial charge is 0.352 e. The maximum absolute atomic E-state index is 4.26. The summed E-state index contributed by atoms with van der Waals surface area (Å²) < 4.78 is 1.15. The van der Waals surface area contributed by atoms with E-state index in [1.54, 1.807) is 18.4 Å². The molecule has 0 saturated heterocycles. The molecular weight excluding hydrogens is 461 g/mol. The second-order valence-corrected chi connectivity index (χ2v) is 6.96. The van der Waals surface area contributed by atoms with E-state index >= 15 is 0 Å². The van der Waals surface area contributed by atoms with Crippen LogP contribution in [0, 0.1) is 0 Å². The highest BCUT2D eigenvalue weighted by molar-refractivity contribution is 14.0. The van der Waals surface area contributed by atoms with Gasteiger partial charge in [-0.1, -0.05) is 30.3 Å². The average Bonchev–Trinajstić information content (AvgIpc) is 2.89. The SMILES string of the molecule is CN=C(NCc1ccc(Br)s1)NC(C)c1ccccc1.I. The number of nitrogens with one attached hydrogen (secondary N) is 2. The first-order valence-electron chi connectivity index (χ1n) is 6.45. The summed E-state index contributed by atoms with van der Waals surface area (Å²) in [4.78, 5) is 5.53. The van der Waals surface area contributed by atoms with Gasteiger partial charge in [-0.2, -0.15) is 0 Å². The molecule has 0 aliphatic rings. The van der Waals surface area contributed by atoms with Crippen molar-refractivity contribution in [1.29, 1.82) is 0 Å². The monoisotopic (exact) mass is 479 g/mol. The van der Waals surface area contributed by atoms with Gasteiger partial charge in [0.15, 0.2) is 5.96 Å². The first-order chi connectivity index (χ1) is 9.69. The highest BCUT2D eigenvalue weighted by Crippen LogP contribution is 2.21. The van der Waals surface area contributed by atoms with Crippen LogP contribution in [0.15, 0.2) is 51.2 Å². The van der Waals surface area contributed by atoms with Crippen LogP contribution < -0.4 is 10.6 Å². The van der Waals surface area contributed by atoms with E-state index in [-0.39, 0.29) is 30.0 Å². The lowest BCUT2D eigenvalue weighted by Gasteiger charge is -2.18. The number of hydrogen-bond donors (Lipinski definition) is 2. The van der Waals surface area contributed by atoms with Gasteiger partial charge in [0, 0.05) is 11.9 Å². The molecular formula is C15H19BrIN3S. The summed E-state index contributed by atoms with van der Waals surface area (Å²) >= 11 is 5.20. The van der Waals surface area contributed by atoms with Gasteiger partial charge in [0.2, 0.25) is 0 Å². The van der Waals surface area contributed by atoms with Crippen LogP contribution >= 0.6 is 51.2 Å². The molecule has 6 heteroatoms. The molecule has 114 valence electrons. The minimum Gasteiger partial charge on any atom is -0.352 e. The standard InChI is InChI=1S/C15H18BrN3S.HI/c1-11(12-6-4-3-5-7-12)19-15(17-2)18-10-13-8-9-14(16)20-13;/h3-9,11H,10H2,1-2H3,(H2,17,18,19);1H. The molecule has 0 amide bonds. The lowest BCUT2D eigenvalue weighted by Crippen LogP contribution is -2.38. The van der Waals surface area contributed by atoms with Gasteiger partial charge in [-0.25, -0.2) is 0 Å². The van der Waals surface area contributed by atoms with Crippen molar-refractivity contribution in [3.8, 4) is 0 Å². The van der Waals surface area contributed by atoms with Gasteiger partial charge >= 0.3 is 0 Å². The van der Waals surface area contributed by atoms with Crippen LogP contribution in [0.4, 0.5) is 0 Å².